The molecule has 14 heteroatoms. The SMILES string of the molecule is O=C(NNc1ncnc(NNc2ccc([N+](=O)[O-])cc2)c1[N+](=O)[O-])c1ccc(Cl)cc1. The van der Waals surface area contributed by atoms with Gasteiger partial charge >= 0.3 is 5.69 Å². The van der Waals surface area contributed by atoms with Crippen LogP contribution in [-0.2, 0) is 0 Å². The van der Waals surface area contributed by atoms with Gasteiger partial charge in [0.1, 0.15) is 6.33 Å². The fourth-order valence-corrected chi connectivity index (χ4v) is 2.45. The molecular formula is C17H13ClN8O5. The Labute approximate surface area is 178 Å². The molecule has 4 N–H and O–H groups in total. The zero-order chi connectivity index (χ0) is 22.4. The van der Waals surface area contributed by atoms with Crippen molar-refractivity contribution in [2.75, 3.05) is 16.3 Å². The maximum atomic E-state index is 12.2. The van der Waals surface area contributed by atoms with Crippen molar-refractivity contribution >= 4 is 46.2 Å². The number of non-ortho nitro benzene ring substituents is 1. The fraction of sp³-hybridized carbons (Fsp3) is 0. The molecule has 0 aliphatic heterocycles. The lowest BCUT2D eigenvalue weighted by Gasteiger charge is -2.12. The molecule has 0 saturated heterocycles. The summed E-state index contributed by atoms with van der Waals surface area (Å²) in [6, 6.07) is 11.3. The molecule has 2 aromatic carbocycles. The molecule has 31 heavy (non-hydrogen) atoms. The number of nitro groups is 2. The molecule has 1 aromatic heterocycles. The summed E-state index contributed by atoms with van der Waals surface area (Å²) in [4.78, 5) is 40.7. The van der Waals surface area contributed by atoms with Gasteiger partial charge < -0.3 is 0 Å². The van der Waals surface area contributed by atoms with Crippen molar-refractivity contribution in [1.82, 2.24) is 15.4 Å². The van der Waals surface area contributed by atoms with Crippen LogP contribution >= 0.6 is 11.6 Å². The van der Waals surface area contributed by atoms with E-state index >= 15 is 0 Å². The summed E-state index contributed by atoms with van der Waals surface area (Å²) in [5.41, 5.74) is 9.91. The van der Waals surface area contributed by atoms with Crippen LogP contribution < -0.4 is 21.7 Å². The second kappa shape index (κ2) is 9.32. The van der Waals surface area contributed by atoms with Gasteiger partial charge in [-0.1, -0.05) is 11.6 Å². The maximum Gasteiger partial charge on any atom is 0.356 e. The largest absolute Gasteiger partial charge is 0.356 e. The van der Waals surface area contributed by atoms with Gasteiger partial charge in [-0.25, -0.2) is 9.97 Å². The van der Waals surface area contributed by atoms with Crippen LogP contribution in [0.25, 0.3) is 0 Å². The lowest BCUT2D eigenvalue weighted by Crippen LogP contribution is -2.30. The lowest BCUT2D eigenvalue weighted by molar-refractivity contribution is -0.384. The average Bonchev–Trinajstić information content (AvgIpc) is 2.76. The van der Waals surface area contributed by atoms with E-state index in [9.17, 15) is 25.0 Å². The van der Waals surface area contributed by atoms with E-state index in [1.165, 1.54) is 48.5 Å². The highest BCUT2D eigenvalue weighted by atomic mass is 35.5. The molecule has 0 bridgehead atoms. The minimum absolute atomic E-state index is 0.110. The summed E-state index contributed by atoms with van der Waals surface area (Å²) in [6.07, 6.45) is 1.05. The number of anilines is 3. The zero-order valence-corrected chi connectivity index (χ0v) is 16.2. The van der Waals surface area contributed by atoms with Crippen molar-refractivity contribution in [3.8, 4) is 0 Å². The van der Waals surface area contributed by atoms with Crippen molar-refractivity contribution in [3.05, 3.63) is 85.7 Å². The summed E-state index contributed by atoms with van der Waals surface area (Å²) < 4.78 is 0. The Kier molecular flexibility index (Phi) is 6.37. The number of benzene rings is 2. The van der Waals surface area contributed by atoms with Crippen LogP contribution in [-0.4, -0.2) is 25.7 Å². The smallest absolute Gasteiger partial charge is 0.299 e. The van der Waals surface area contributed by atoms with Gasteiger partial charge in [-0.3, -0.25) is 46.7 Å². The number of halogens is 1. The molecule has 158 valence electrons. The monoisotopic (exact) mass is 444 g/mol. The molecule has 0 unspecified atom stereocenters. The Balaban J connectivity index is 1.72. The predicted molar refractivity (Wildman–Crippen MR) is 112 cm³/mol. The molecular weight excluding hydrogens is 432 g/mol. The highest BCUT2D eigenvalue weighted by molar-refractivity contribution is 6.30. The van der Waals surface area contributed by atoms with Crippen LogP contribution in [0.15, 0.2) is 54.9 Å². The van der Waals surface area contributed by atoms with Gasteiger partial charge in [-0.05, 0) is 36.4 Å². The van der Waals surface area contributed by atoms with Crippen LogP contribution in [0.2, 0.25) is 5.02 Å². The Morgan fingerprint density at radius 1 is 0.839 bits per heavy atom. The summed E-state index contributed by atoms with van der Waals surface area (Å²) in [7, 11) is 0. The number of amides is 1. The molecule has 0 fully saturated rings. The molecule has 13 nitrogen and oxygen atoms in total. The van der Waals surface area contributed by atoms with Gasteiger partial charge in [-0.15, -0.1) is 0 Å². The minimum Gasteiger partial charge on any atom is -0.299 e. The van der Waals surface area contributed by atoms with Gasteiger partial charge in [-0.2, -0.15) is 0 Å². The van der Waals surface area contributed by atoms with E-state index in [1.54, 1.807) is 0 Å². The number of nitro benzene ring substituents is 1. The predicted octanol–water partition coefficient (Wildman–Crippen LogP) is 3.14. The van der Waals surface area contributed by atoms with Crippen molar-refractivity contribution in [3.63, 3.8) is 0 Å². The van der Waals surface area contributed by atoms with Crippen LogP contribution in [0.1, 0.15) is 10.4 Å². The number of nitrogens with zero attached hydrogens (tertiary/aromatic N) is 4. The van der Waals surface area contributed by atoms with Crippen molar-refractivity contribution in [2.45, 2.75) is 0 Å². The quantitative estimate of drug-likeness (QED) is 0.298. The summed E-state index contributed by atoms with van der Waals surface area (Å²) in [5.74, 6) is -1.04. The molecule has 0 radical (unpaired) electrons. The van der Waals surface area contributed by atoms with Crippen molar-refractivity contribution < 1.29 is 14.6 Å². The highest BCUT2D eigenvalue weighted by Crippen LogP contribution is 2.28. The van der Waals surface area contributed by atoms with Gasteiger partial charge in [0, 0.05) is 22.7 Å². The lowest BCUT2D eigenvalue weighted by atomic mass is 10.2. The third-order valence-electron chi connectivity index (χ3n) is 3.81. The molecule has 0 aliphatic carbocycles. The number of aromatic nitrogens is 2. The maximum absolute atomic E-state index is 12.2. The van der Waals surface area contributed by atoms with Crippen LogP contribution in [0, 0.1) is 20.2 Å². The number of hydrazine groups is 2. The minimum atomic E-state index is -0.739. The standard InChI is InChI=1S/C17H13ClN8O5/c18-11-3-1-10(2-4-11)17(27)24-23-16-14(26(30)31)15(19-9-20-16)22-21-12-5-7-13(8-6-12)25(28)29/h1-9,21H,(H,24,27)(H2,19,20,22,23). The molecule has 1 heterocycles. The van der Waals surface area contributed by atoms with E-state index in [0.717, 1.165) is 6.33 Å². The normalized spacial score (nSPS) is 10.1. The summed E-state index contributed by atoms with van der Waals surface area (Å²) in [6.45, 7) is 0. The van der Waals surface area contributed by atoms with E-state index in [1.807, 2.05) is 0 Å². The molecule has 3 rings (SSSR count). The van der Waals surface area contributed by atoms with Gasteiger partial charge in [0.05, 0.1) is 15.5 Å². The first-order valence-corrected chi connectivity index (χ1v) is 8.80. The Morgan fingerprint density at radius 2 is 1.45 bits per heavy atom. The molecule has 1 amide bonds. The van der Waals surface area contributed by atoms with Crippen molar-refractivity contribution in [1.29, 1.82) is 0 Å². The number of nitrogens with one attached hydrogen (secondary N) is 4. The Bertz CT molecular complexity index is 1120. The second-order valence-corrected chi connectivity index (χ2v) is 6.25. The highest BCUT2D eigenvalue weighted by Gasteiger charge is 2.23. The van der Waals surface area contributed by atoms with Crippen LogP contribution in [0.3, 0.4) is 0 Å². The number of hydrogen-bond acceptors (Lipinski definition) is 10. The molecule has 0 aliphatic rings. The van der Waals surface area contributed by atoms with E-state index in [4.69, 9.17) is 11.6 Å². The topological polar surface area (TPSA) is 177 Å². The number of carbonyl (C=O) groups excluding carboxylic acids is 1. The van der Waals surface area contributed by atoms with E-state index in [2.05, 4.69) is 31.7 Å². The number of hydrogen-bond donors (Lipinski definition) is 4. The molecule has 0 atom stereocenters. The van der Waals surface area contributed by atoms with Gasteiger partial charge in [0.25, 0.3) is 11.6 Å². The third-order valence-corrected chi connectivity index (χ3v) is 4.06. The third kappa shape index (κ3) is 5.30. The Hall–Kier alpha value is -4.52. The number of carbonyl (C=O) groups is 1. The Morgan fingerprint density at radius 3 is 2.03 bits per heavy atom. The number of rotatable bonds is 8. The molecule has 0 spiro atoms. The first-order valence-electron chi connectivity index (χ1n) is 8.43. The first-order chi connectivity index (χ1) is 14.8. The van der Waals surface area contributed by atoms with E-state index in [0.29, 0.717) is 10.7 Å². The molecule has 0 saturated carbocycles. The summed E-state index contributed by atoms with van der Waals surface area (Å²) in [5, 5.41) is 22.7. The van der Waals surface area contributed by atoms with Crippen LogP contribution in [0.5, 0.6) is 0 Å². The fourth-order valence-electron chi connectivity index (χ4n) is 2.32. The summed E-state index contributed by atoms with van der Waals surface area (Å²) >= 11 is 5.78. The van der Waals surface area contributed by atoms with E-state index < -0.39 is 21.4 Å². The first kappa shape index (κ1) is 21.2. The zero-order valence-electron chi connectivity index (χ0n) is 15.4. The van der Waals surface area contributed by atoms with E-state index in [-0.39, 0.29) is 22.9 Å². The van der Waals surface area contributed by atoms with Gasteiger partial charge in [0.15, 0.2) is 0 Å². The average molecular weight is 445 g/mol. The van der Waals surface area contributed by atoms with Crippen LogP contribution in [0.4, 0.5) is 28.7 Å². The van der Waals surface area contributed by atoms with Gasteiger partial charge in [0.2, 0.25) is 11.6 Å². The molecule has 3 aromatic rings. The van der Waals surface area contributed by atoms with Crippen molar-refractivity contribution in [2.24, 2.45) is 0 Å². The second-order valence-electron chi connectivity index (χ2n) is 5.82.